The fourth-order valence-corrected chi connectivity index (χ4v) is 3.59. The number of primary sulfonamides is 1. The van der Waals surface area contributed by atoms with Crippen LogP contribution in [0.4, 0.5) is 4.39 Å². The molecule has 4 nitrogen and oxygen atoms in total. The number of nitrogens with two attached hydrogens (primary N) is 1. The smallest absolute Gasteiger partial charge is 0.239 e. The van der Waals surface area contributed by atoms with Crippen LogP contribution in [0.1, 0.15) is 37.9 Å². The zero-order chi connectivity index (χ0) is 17.5. The molecule has 0 radical (unpaired) electrons. The summed E-state index contributed by atoms with van der Waals surface area (Å²) in [5, 5.41) is 5.12. The van der Waals surface area contributed by atoms with Crippen molar-refractivity contribution in [1.29, 1.82) is 0 Å². The number of pyridine rings is 1. The molecule has 3 rings (SSSR count). The van der Waals surface area contributed by atoms with Crippen LogP contribution in [0.3, 0.4) is 0 Å². The molecule has 0 aliphatic heterocycles. The third-order valence-electron chi connectivity index (χ3n) is 4.24. The maximum absolute atomic E-state index is 13.2. The van der Waals surface area contributed by atoms with Crippen LogP contribution in [-0.2, 0) is 10.0 Å². The van der Waals surface area contributed by atoms with E-state index in [4.69, 9.17) is 5.14 Å². The Morgan fingerprint density at radius 1 is 1.04 bits per heavy atom. The lowest BCUT2D eigenvalue weighted by atomic mass is 9.88. The normalized spacial score (nSPS) is 17.3. The zero-order valence-electron chi connectivity index (χ0n) is 13.6. The summed E-state index contributed by atoms with van der Waals surface area (Å²) in [6.45, 7) is 4.34. The molecule has 0 atom stereocenters. The summed E-state index contributed by atoms with van der Waals surface area (Å²) in [5.74, 6) is -0.270. The van der Waals surface area contributed by atoms with Crippen molar-refractivity contribution in [2.24, 2.45) is 10.6 Å². The first-order valence-electron chi connectivity index (χ1n) is 7.63. The maximum atomic E-state index is 13.2. The fourth-order valence-electron chi connectivity index (χ4n) is 3.13. The van der Waals surface area contributed by atoms with Gasteiger partial charge in [0.05, 0.1) is 5.69 Å². The molecule has 1 aliphatic rings. The molecule has 0 unspecified atom stereocenters. The quantitative estimate of drug-likeness (QED) is 0.923. The van der Waals surface area contributed by atoms with Crippen LogP contribution in [0.2, 0.25) is 0 Å². The van der Waals surface area contributed by atoms with Crippen molar-refractivity contribution in [3.8, 4) is 0 Å². The van der Waals surface area contributed by atoms with E-state index in [1.54, 1.807) is 18.2 Å². The Hall–Kier alpha value is -2.05. The fraction of sp³-hybridized carbons (Fsp3) is 0.278. The summed E-state index contributed by atoms with van der Waals surface area (Å²) >= 11 is 0. The van der Waals surface area contributed by atoms with E-state index in [0.717, 1.165) is 35.2 Å². The van der Waals surface area contributed by atoms with E-state index in [0.29, 0.717) is 0 Å². The average Bonchev–Trinajstić information content (AvgIpc) is 2.83. The van der Waals surface area contributed by atoms with Gasteiger partial charge in [0.1, 0.15) is 10.7 Å². The van der Waals surface area contributed by atoms with Gasteiger partial charge >= 0.3 is 0 Å². The SMILES string of the molecule is CC1(C)CC(c2ccc(F)cc2)=C(c2ccc(S(N)(=O)=O)cn2)C1. The Morgan fingerprint density at radius 2 is 1.67 bits per heavy atom. The molecular formula is C18H19FN2O2S. The second-order valence-electron chi connectivity index (χ2n) is 6.91. The lowest BCUT2D eigenvalue weighted by Gasteiger charge is -2.17. The minimum Gasteiger partial charge on any atom is -0.255 e. The summed E-state index contributed by atoms with van der Waals surface area (Å²) < 4.78 is 36.0. The third kappa shape index (κ3) is 3.39. The standard InChI is InChI=1S/C18H19FN2O2S/c1-18(2)9-15(12-3-5-13(19)6-4-12)16(10-18)17-8-7-14(11-21-17)24(20,22)23/h3-8,11H,9-10H2,1-2H3,(H2,20,22,23). The van der Waals surface area contributed by atoms with E-state index >= 15 is 0 Å². The molecule has 1 aromatic carbocycles. The lowest BCUT2D eigenvalue weighted by molar-refractivity contribution is 0.406. The van der Waals surface area contributed by atoms with Crippen LogP contribution in [0.25, 0.3) is 11.1 Å². The highest BCUT2D eigenvalue weighted by atomic mass is 32.2. The van der Waals surface area contributed by atoms with Crippen molar-refractivity contribution in [3.05, 3.63) is 59.7 Å². The lowest BCUT2D eigenvalue weighted by Crippen LogP contribution is -2.12. The number of hydrogen-bond donors (Lipinski definition) is 1. The van der Waals surface area contributed by atoms with Gasteiger partial charge in [-0.05, 0) is 59.2 Å². The van der Waals surface area contributed by atoms with Gasteiger partial charge in [-0.2, -0.15) is 0 Å². The minimum absolute atomic E-state index is 0.00700. The van der Waals surface area contributed by atoms with Crippen LogP contribution in [0.15, 0.2) is 47.5 Å². The summed E-state index contributed by atoms with van der Waals surface area (Å²) in [5.41, 5.74) is 3.95. The number of nitrogens with zero attached hydrogens (tertiary/aromatic N) is 1. The van der Waals surface area contributed by atoms with Crippen molar-refractivity contribution in [2.45, 2.75) is 31.6 Å². The van der Waals surface area contributed by atoms with Crippen molar-refractivity contribution in [1.82, 2.24) is 4.98 Å². The highest BCUT2D eigenvalue weighted by molar-refractivity contribution is 7.89. The first kappa shape index (κ1) is 16.8. The van der Waals surface area contributed by atoms with Gasteiger partial charge in [-0.25, -0.2) is 17.9 Å². The predicted octanol–water partition coefficient (Wildman–Crippen LogP) is 3.60. The van der Waals surface area contributed by atoms with Crippen LogP contribution in [0.5, 0.6) is 0 Å². The van der Waals surface area contributed by atoms with E-state index < -0.39 is 10.0 Å². The average molecular weight is 346 g/mol. The van der Waals surface area contributed by atoms with Gasteiger partial charge in [0.15, 0.2) is 0 Å². The molecular weight excluding hydrogens is 327 g/mol. The summed E-state index contributed by atoms with van der Waals surface area (Å²) in [6.07, 6.45) is 2.96. The van der Waals surface area contributed by atoms with Crippen LogP contribution >= 0.6 is 0 Å². The second-order valence-corrected chi connectivity index (χ2v) is 8.47. The van der Waals surface area contributed by atoms with Crippen molar-refractivity contribution in [3.63, 3.8) is 0 Å². The largest absolute Gasteiger partial charge is 0.255 e. The topological polar surface area (TPSA) is 73.1 Å². The second kappa shape index (κ2) is 5.79. The van der Waals surface area contributed by atoms with Gasteiger partial charge < -0.3 is 0 Å². The van der Waals surface area contributed by atoms with Gasteiger partial charge in [0, 0.05) is 6.20 Å². The number of aromatic nitrogens is 1. The number of rotatable bonds is 3. The molecule has 0 fully saturated rings. The first-order chi connectivity index (χ1) is 11.2. The zero-order valence-corrected chi connectivity index (χ0v) is 14.4. The van der Waals surface area contributed by atoms with Crippen LogP contribution < -0.4 is 5.14 Å². The molecule has 0 saturated heterocycles. The molecule has 0 bridgehead atoms. The molecule has 126 valence electrons. The Bertz CT molecular complexity index is 899. The Balaban J connectivity index is 2.07. The highest BCUT2D eigenvalue weighted by Crippen LogP contribution is 2.49. The molecule has 0 spiro atoms. The van der Waals surface area contributed by atoms with E-state index in [2.05, 4.69) is 18.8 Å². The Kier molecular flexibility index (Phi) is 4.05. The van der Waals surface area contributed by atoms with Gasteiger partial charge in [-0.15, -0.1) is 0 Å². The molecule has 24 heavy (non-hydrogen) atoms. The molecule has 2 aromatic rings. The van der Waals surface area contributed by atoms with Gasteiger partial charge in [-0.3, -0.25) is 4.98 Å². The van der Waals surface area contributed by atoms with Crippen molar-refractivity contribution < 1.29 is 12.8 Å². The molecule has 1 aliphatic carbocycles. The predicted molar refractivity (Wildman–Crippen MR) is 91.8 cm³/mol. The number of benzene rings is 1. The van der Waals surface area contributed by atoms with E-state index in [9.17, 15) is 12.8 Å². The number of hydrogen-bond acceptors (Lipinski definition) is 3. The van der Waals surface area contributed by atoms with E-state index in [-0.39, 0.29) is 16.1 Å². The summed E-state index contributed by atoms with van der Waals surface area (Å²) in [6, 6.07) is 9.58. The number of halogens is 1. The van der Waals surface area contributed by atoms with Crippen LogP contribution in [-0.4, -0.2) is 13.4 Å². The first-order valence-corrected chi connectivity index (χ1v) is 9.18. The molecule has 1 aromatic heterocycles. The van der Waals surface area contributed by atoms with Gasteiger partial charge in [0.2, 0.25) is 10.0 Å². The molecule has 0 amide bonds. The van der Waals surface area contributed by atoms with Crippen molar-refractivity contribution >= 4 is 21.2 Å². The van der Waals surface area contributed by atoms with E-state index in [1.165, 1.54) is 24.4 Å². The molecule has 1 heterocycles. The summed E-state index contributed by atoms with van der Waals surface area (Å²) in [7, 11) is -3.76. The molecule has 0 saturated carbocycles. The number of sulfonamides is 1. The molecule has 2 N–H and O–H groups in total. The minimum atomic E-state index is -3.76. The number of allylic oxidation sites excluding steroid dienone is 2. The van der Waals surface area contributed by atoms with Crippen LogP contribution in [0, 0.1) is 11.2 Å². The van der Waals surface area contributed by atoms with Gasteiger partial charge in [-0.1, -0.05) is 26.0 Å². The monoisotopic (exact) mass is 346 g/mol. The van der Waals surface area contributed by atoms with E-state index in [1.807, 2.05) is 0 Å². The van der Waals surface area contributed by atoms with Crippen molar-refractivity contribution in [2.75, 3.05) is 0 Å². The van der Waals surface area contributed by atoms with Gasteiger partial charge in [0.25, 0.3) is 0 Å². The summed E-state index contributed by atoms with van der Waals surface area (Å²) in [4.78, 5) is 4.29. The molecule has 6 heteroatoms. The Labute approximate surface area is 141 Å². The highest BCUT2D eigenvalue weighted by Gasteiger charge is 2.32. The Morgan fingerprint density at radius 3 is 2.21 bits per heavy atom. The third-order valence-corrected chi connectivity index (χ3v) is 5.14. The maximum Gasteiger partial charge on any atom is 0.239 e.